The Labute approximate surface area is 120 Å². The van der Waals surface area contributed by atoms with Crippen molar-refractivity contribution in [2.45, 2.75) is 39.5 Å². The Kier molecular flexibility index (Phi) is 3.64. The molecule has 1 fully saturated rings. The van der Waals surface area contributed by atoms with E-state index in [1.165, 1.54) is 18.4 Å². The van der Waals surface area contributed by atoms with Gasteiger partial charge in [0.1, 0.15) is 0 Å². The Bertz CT molecular complexity index is 512. The molecule has 0 radical (unpaired) electrons. The maximum Gasteiger partial charge on any atom is 0.220 e. The number of nitrogens with zero attached hydrogens (tertiary/aromatic N) is 1. The molecule has 4 nitrogen and oxygen atoms in total. The van der Waals surface area contributed by atoms with Crippen LogP contribution in [-0.2, 0) is 11.2 Å². The number of H-pyrrole nitrogens is 1. The van der Waals surface area contributed by atoms with Gasteiger partial charge in [0.05, 0.1) is 5.69 Å². The van der Waals surface area contributed by atoms with Gasteiger partial charge in [-0.1, -0.05) is 12.2 Å². The first-order valence-electron chi connectivity index (χ1n) is 7.59. The van der Waals surface area contributed by atoms with Gasteiger partial charge in [0.2, 0.25) is 5.91 Å². The van der Waals surface area contributed by atoms with Gasteiger partial charge < -0.3 is 5.32 Å². The second-order valence-corrected chi connectivity index (χ2v) is 6.26. The van der Waals surface area contributed by atoms with Gasteiger partial charge in [0.15, 0.2) is 0 Å². The number of fused-ring (bicyclic) bond motifs is 2. The van der Waals surface area contributed by atoms with E-state index in [0.717, 1.165) is 23.7 Å². The normalized spacial score (nSPS) is 27.2. The van der Waals surface area contributed by atoms with E-state index in [9.17, 15) is 4.79 Å². The van der Waals surface area contributed by atoms with Crippen molar-refractivity contribution < 1.29 is 4.79 Å². The van der Waals surface area contributed by atoms with E-state index in [-0.39, 0.29) is 5.91 Å². The molecule has 0 saturated heterocycles. The first-order chi connectivity index (χ1) is 9.63. The summed E-state index contributed by atoms with van der Waals surface area (Å²) in [5.41, 5.74) is 3.37. The molecule has 20 heavy (non-hydrogen) atoms. The fourth-order valence-electron chi connectivity index (χ4n) is 3.71. The Balaban J connectivity index is 1.43. The lowest BCUT2D eigenvalue weighted by molar-refractivity contribution is -0.122. The lowest BCUT2D eigenvalue weighted by Crippen LogP contribution is -2.28. The smallest absolute Gasteiger partial charge is 0.220 e. The molecular formula is C16H23N3O. The van der Waals surface area contributed by atoms with Crippen LogP contribution in [0, 0.1) is 31.6 Å². The largest absolute Gasteiger partial charge is 0.356 e. The van der Waals surface area contributed by atoms with E-state index < -0.39 is 0 Å². The highest BCUT2D eigenvalue weighted by Crippen LogP contribution is 2.44. The van der Waals surface area contributed by atoms with E-state index in [2.05, 4.69) is 27.7 Å². The minimum absolute atomic E-state index is 0.203. The van der Waals surface area contributed by atoms with Crippen LogP contribution in [0.15, 0.2) is 12.2 Å². The van der Waals surface area contributed by atoms with E-state index in [4.69, 9.17) is 0 Å². The third kappa shape index (κ3) is 2.65. The summed E-state index contributed by atoms with van der Waals surface area (Å²) in [4.78, 5) is 12.0. The highest BCUT2D eigenvalue weighted by molar-refractivity contribution is 5.76. The summed E-state index contributed by atoms with van der Waals surface area (Å²) in [7, 11) is 0. The molecule has 3 atom stereocenters. The molecule has 1 amide bonds. The number of aromatic amines is 1. The molecule has 4 heteroatoms. The minimum Gasteiger partial charge on any atom is -0.356 e. The summed E-state index contributed by atoms with van der Waals surface area (Å²) in [5, 5.41) is 10.2. The lowest BCUT2D eigenvalue weighted by atomic mass is 9.90. The van der Waals surface area contributed by atoms with Crippen LogP contribution in [0.25, 0.3) is 0 Å². The van der Waals surface area contributed by atoms with Crippen LogP contribution >= 0.6 is 0 Å². The van der Waals surface area contributed by atoms with Crippen molar-refractivity contribution >= 4 is 5.91 Å². The molecule has 0 aliphatic heterocycles. The molecule has 2 aliphatic carbocycles. The number of amides is 1. The van der Waals surface area contributed by atoms with Crippen molar-refractivity contribution in [3.63, 3.8) is 0 Å². The molecule has 1 saturated carbocycles. The van der Waals surface area contributed by atoms with Crippen molar-refractivity contribution in [3.8, 4) is 0 Å². The number of aryl methyl sites for hydroxylation is 2. The number of rotatable bonds is 5. The van der Waals surface area contributed by atoms with E-state index >= 15 is 0 Å². The topological polar surface area (TPSA) is 57.8 Å². The summed E-state index contributed by atoms with van der Waals surface area (Å²) >= 11 is 0. The summed E-state index contributed by atoms with van der Waals surface area (Å²) < 4.78 is 0. The molecule has 2 bridgehead atoms. The van der Waals surface area contributed by atoms with Crippen LogP contribution in [0.4, 0.5) is 0 Å². The molecule has 0 aromatic carbocycles. The van der Waals surface area contributed by atoms with Crippen molar-refractivity contribution in [2.75, 3.05) is 6.54 Å². The number of aromatic nitrogens is 2. The lowest BCUT2D eigenvalue weighted by Gasteiger charge is -2.17. The average molecular weight is 273 g/mol. The second kappa shape index (κ2) is 5.43. The molecule has 0 unspecified atom stereocenters. The van der Waals surface area contributed by atoms with Gasteiger partial charge in [-0.3, -0.25) is 9.89 Å². The van der Waals surface area contributed by atoms with E-state index in [1.54, 1.807) is 0 Å². The van der Waals surface area contributed by atoms with Crippen molar-refractivity contribution in [3.05, 3.63) is 29.1 Å². The molecule has 3 rings (SSSR count). The first-order valence-corrected chi connectivity index (χ1v) is 7.59. The number of nitrogens with one attached hydrogen (secondary N) is 2. The number of hydrogen-bond acceptors (Lipinski definition) is 2. The van der Waals surface area contributed by atoms with Gasteiger partial charge in [-0.05, 0) is 56.4 Å². The Hall–Kier alpha value is -1.58. The first kappa shape index (κ1) is 13.4. The molecular weight excluding hydrogens is 250 g/mol. The quantitative estimate of drug-likeness (QED) is 0.809. The van der Waals surface area contributed by atoms with Gasteiger partial charge >= 0.3 is 0 Å². The van der Waals surface area contributed by atoms with Crippen molar-refractivity contribution in [2.24, 2.45) is 17.8 Å². The zero-order chi connectivity index (χ0) is 14.1. The van der Waals surface area contributed by atoms with E-state index in [1.807, 2.05) is 13.8 Å². The third-order valence-electron chi connectivity index (χ3n) is 4.84. The van der Waals surface area contributed by atoms with Gasteiger partial charge in [-0.15, -0.1) is 0 Å². The number of hydrogen-bond donors (Lipinski definition) is 2. The minimum atomic E-state index is 0.203. The molecule has 2 N–H and O–H groups in total. The van der Waals surface area contributed by atoms with Crippen LogP contribution < -0.4 is 5.32 Å². The predicted octanol–water partition coefficient (Wildman–Crippen LogP) is 2.29. The summed E-state index contributed by atoms with van der Waals surface area (Å²) in [6, 6.07) is 0. The van der Waals surface area contributed by atoms with Crippen LogP contribution in [0.3, 0.4) is 0 Å². The van der Waals surface area contributed by atoms with Gasteiger partial charge in [-0.25, -0.2) is 0 Å². The summed E-state index contributed by atoms with van der Waals surface area (Å²) in [6.45, 7) is 4.73. The molecule has 1 aromatic heterocycles. The van der Waals surface area contributed by atoms with Gasteiger partial charge in [-0.2, -0.15) is 5.10 Å². The predicted molar refractivity (Wildman–Crippen MR) is 78.2 cm³/mol. The van der Waals surface area contributed by atoms with Crippen LogP contribution in [-0.4, -0.2) is 22.6 Å². The molecule has 2 aliphatic rings. The Morgan fingerprint density at radius 1 is 1.40 bits per heavy atom. The SMILES string of the molecule is Cc1n[nH]c(C)c1CCNC(=O)C[C@@H]1C[C@@H]2C=C[C@H]1C2. The van der Waals surface area contributed by atoms with E-state index in [0.29, 0.717) is 24.8 Å². The Morgan fingerprint density at radius 2 is 2.25 bits per heavy atom. The van der Waals surface area contributed by atoms with Crippen molar-refractivity contribution in [1.82, 2.24) is 15.5 Å². The van der Waals surface area contributed by atoms with Crippen LogP contribution in [0.5, 0.6) is 0 Å². The summed E-state index contributed by atoms with van der Waals surface area (Å²) in [5.74, 6) is 2.18. The fourth-order valence-corrected chi connectivity index (χ4v) is 3.71. The van der Waals surface area contributed by atoms with Gasteiger partial charge in [0, 0.05) is 18.7 Å². The maximum absolute atomic E-state index is 12.0. The average Bonchev–Trinajstić information content (AvgIpc) is 3.09. The zero-order valence-electron chi connectivity index (χ0n) is 12.3. The van der Waals surface area contributed by atoms with Gasteiger partial charge in [0.25, 0.3) is 0 Å². The molecule has 108 valence electrons. The summed E-state index contributed by atoms with van der Waals surface area (Å²) in [6.07, 6.45) is 8.65. The van der Waals surface area contributed by atoms with Crippen LogP contribution in [0.1, 0.15) is 36.2 Å². The fraction of sp³-hybridized carbons (Fsp3) is 0.625. The molecule has 0 spiro atoms. The highest BCUT2D eigenvalue weighted by atomic mass is 16.1. The Morgan fingerprint density at radius 3 is 2.85 bits per heavy atom. The van der Waals surface area contributed by atoms with Crippen LogP contribution in [0.2, 0.25) is 0 Å². The van der Waals surface area contributed by atoms with Crippen molar-refractivity contribution in [1.29, 1.82) is 0 Å². The number of carbonyl (C=O) groups excluding carboxylic acids is 1. The highest BCUT2D eigenvalue weighted by Gasteiger charge is 2.36. The maximum atomic E-state index is 12.0. The zero-order valence-corrected chi connectivity index (χ0v) is 12.3. The third-order valence-corrected chi connectivity index (χ3v) is 4.84. The molecule has 1 aromatic rings. The standard InChI is InChI=1S/C16H23N3O/c1-10-15(11(2)19-18-10)5-6-17-16(20)9-14-8-12-3-4-13(14)7-12/h3-4,12-14H,5-9H2,1-2H3,(H,17,20)(H,18,19)/t12-,13+,14+/m1/s1. The second-order valence-electron chi connectivity index (χ2n) is 6.26. The molecule has 1 heterocycles. The number of allylic oxidation sites excluding steroid dienone is 2. The number of carbonyl (C=O) groups is 1. The monoisotopic (exact) mass is 273 g/mol.